The van der Waals surface area contributed by atoms with Crippen LogP contribution in [0.1, 0.15) is 31.1 Å². The highest BCUT2D eigenvalue weighted by Crippen LogP contribution is 2.21. The number of hydrogen-bond donors (Lipinski definition) is 1. The van der Waals surface area contributed by atoms with Crippen molar-refractivity contribution in [1.82, 2.24) is 20.0 Å². The summed E-state index contributed by atoms with van der Waals surface area (Å²) in [5, 5.41) is 4.01. The van der Waals surface area contributed by atoms with Crippen LogP contribution in [0.5, 0.6) is 0 Å². The molecule has 1 fully saturated rings. The number of piperidine rings is 1. The van der Waals surface area contributed by atoms with Crippen molar-refractivity contribution in [2.75, 3.05) is 19.6 Å². The fraction of sp³-hybridized carbons (Fsp3) is 0.500. The van der Waals surface area contributed by atoms with Gasteiger partial charge in [0.05, 0.1) is 11.6 Å². The van der Waals surface area contributed by atoms with Crippen LogP contribution in [0, 0.1) is 0 Å². The molecule has 1 unspecified atom stereocenters. The maximum Gasteiger partial charge on any atom is 0.259 e. The van der Waals surface area contributed by atoms with Crippen molar-refractivity contribution in [3.8, 4) is 11.5 Å². The van der Waals surface area contributed by atoms with Crippen molar-refractivity contribution in [3.63, 3.8) is 0 Å². The molecule has 3 heterocycles. The van der Waals surface area contributed by atoms with Crippen LogP contribution < -0.4 is 5.73 Å². The molecular weight excluding hydrogens is 334 g/mol. The first-order valence-corrected chi connectivity index (χ1v) is 7.94. The quantitative estimate of drug-likeness (QED) is 0.910. The van der Waals surface area contributed by atoms with Gasteiger partial charge in [0.15, 0.2) is 5.82 Å². The largest absolute Gasteiger partial charge is 0.334 e. The topological polar surface area (TPSA) is 81.1 Å². The normalized spacial score (nSPS) is 17.8. The van der Waals surface area contributed by atoms with Crippen molar-refractivity contribution in [2.45, 2.75) is 25.3 Å². The van der Waals surface area contributed by atoms with Gasteiger partial charge in [-0.25, -0.2) is 0 Å². The van der Waals surface area contributed by atoms with E-state index in [2.05, 4.69) is 36.0 Å². The van der Waals surface area contributed by atoms with Gasteiger partial charge in [-0.1, -0.05) is 11.6 Å². The van der Waals surface area contributed by atoms with Gasteiger partial charge < -0.3 is 15.2 Å². The van der Waals surface area contributed by atoms with Crippen LogP contribution in [0.3, 0.4) is 0 Å². The van der Waals surface area contributed by atoms with Crippen LogP contribution in [0.25, 0.3) is 11.5 Å². The van der Waals surface area contributed by atoms with Gasteiger partial charge in [-0.2, -0.15) is 4.98 Å². The Morgan fingerprint density at radius 1 is 1.29 bits per heavy atom. The zero-order chi connectivity index (χ0) is 14.7. The third-order valence-electron chi connectivity index (χ3n) is 3.63. The summed E-state index contributed by atoms with van der Waals surface area (Å²) in [4.78, 5) is 10.9. The Morgan fingerprint density at radius 3 is 2.86 bits per heavy atom. The minimum Gasteiger partial charge on any atom is -0.334 e. The molecule has 1 saturated heterocycles. The van der Waals surface area contributed by atoms with Crippen LogP contribution in [0.15, 0.2) is 27.5 Å². The van der Waals surface area contributed by atoms with E-state index >= 15 is 0 Å². The maximum atomic E-state index is 6.20. The number of nitrogens with two attached hydrogens (primary N) is 1. The van der Waals surface area contributed by atoms with Gasteiger partial charge in [0.25, 0.3) is 5.89 Å². The third kappa shape index (κ3) is 3.66. The fourth-order valence-electron chi connectivity index (χ4n) is 2.53. The molecular formula is C14H18BrN5O. The highest BCUT2D eigenvalue weighted by molar-refractivity contribution is 9.10. The zero-order valence-electron chi connectivity index (χ0n) is 11.7. The molecule has 1 atom stereocenters. The number of rotatable bonds is 4. The summed E-state index contributed by atoms with van der Waals surface area (Å²) >= 11 is 3.38. The van der Waals surface area contributed by atoms with Gasteiger partial charge in [0.1, 0.15) is 0 Å². The van der Waals surface area contributed by atoms with Gasteiger partial charge in [0, 0.05) is 23.4 Å². The van der Waals surface area contributed by atoms with E-state index in [-0.39, 0.29) is 6.04 Å². The van der Waals surface area contributed by atoms with Gasteiger partial charge in [-0.15, -0.1) is 0 Å². The van der Waals surface area contributed by atoms with E-state index in [1.165, 1.54) is 19.3 Å². The van der Waals surface area contributed by atoms with Crippen LogP contribution >= 0.6 is 15.9 Å². The molecule has 0 aliphatic carbocycles. The molecule has 2 aromatic heterocycles. The molecule has 112 valence electrons. The fourth-order valence-corrected chi connectivity index (χ4v) is 2.90. The monoisotopic (exact) mass is 351 g/mol. The van der Waals surface area contributed by atoms with Crippen molar-refractivity contribution >= 4 is 15.9 Å². The average Bonchev–Trinajstić information content (AvgIpc) is 2.98. The van der Waals surface area contributed by atoms with Crippen molar-refractivity contribution in [3.05, 3.63) is 28.8 Å². The predicted octanol–water partition coefficient (Wildman–Crippen LogP) is 2.38. The number of halogens is 1. The molecule has 0 bridgehead atoms. The summed E-state index contributed by atoms with van der Waals surface area (Å²) in [6, 6.07) is 1.67. The van der Waals surface area contributed by atoms with E-state index in [1.54, 1.807) is 12.4 Å². The van der Waals surface area contributed by atoms with E-state index in [1.807, 2.05) is 6.07 Å². The molecule has 6 nitrogen and oxygen atoms in total. The van der Waals surface area contributed by atoms with Gasteiger partial charge in [0.2, 0.25) is 0 Å². The van der Waals surface area contributed by atoms with Gasteiger partial charge >= 0.3 is 0 Å². The van der Waals surface area contributed by atoms with E-state index < -0.39 is 0 Å². The van der Waals surface area contributed by atoms with E-state index in [9.17, 15) is 0 Å². The Hall–Kier alpha value is -1.31. The molecule has 2 N–H and O–H groups in total. The van der Waals surface area contributed by atoms with E-state index in [0.29, 0.717) is 11.7 Å². The number of hydrogen-bond acceptors (Lipinski definition) is 6. The Morgan fingerprint density at radius 2 is 2.10 bits per heavy atom. The summed E-state index contributed by atoms with van der Waals surface area (Å²) in [5.41, 5.74) is 6.98. The minimum absolute atomic E-state index is 0.222. The average molecular weight is 352 g/mol. The van der Waals surface area contributed by atoms with Crippen LogP contribution in [-0.2, 0) is 0 Å². The summed E-state index contributed by atoms with van der Waals surface area (Å²) in [7, 11) is 0. The summed E-state index contributed by atoms with van der Waals surface area (Å²) < 4.78 is 6.17. The zero-order valence-corrected chi connectivity index (χ0v) is 13.3. The lowest BCUT2D eigenvalue weighted by molar-refractivity contribution is 0.213. The molecule has 0 radical (unpaired) electrons. The number of likely N-dealkylation sites (tertiary alicyclic amines) is 1. The lowest BCUT2D eigenvalue weighted by Crippen LogP contribution is -2.36. The SMILES string of the molecule is NC(CN1CCCCC1)c1noc(-c2cncc(Br)c2)n1. The molecule has 0 spiro atoms. The first-order valence-electron chi connectivity index (χ1n) is 7.15. The second kappa shape index (κ2) is 6.64. The molecule has 21 heavy (non-hydrogen) atoms. The Bertz CT molecular complexity index is 597. The minimum atomic E-state index is -0.222. The molecule has 0 amide bonds. The lowest BCUT2D eigenvalue weighted by Gasteiger charge is -2.27. The van der Waals surface area contributed by atoms with E-state index in [4.69, 9.17) is 10.3 Å². The Labute approximate surface area is 131 Å². The Balaban J connectivity index is 1.69. The Kier molecular flexibility index (Phi) is 4.62. The predicted molar refractivity (Wildman–Crippen MR) is 82.4 cm³/mol. The summed E-state index contributed by atoms with van der Waals surface area (Å²) in [5.74, 6) is 1.00. The van der Waals surface area contributed by atoms with Crippen LogP contribution in [-0.4, -0.2) is 39.7 Å². The molecule has 0 saturated carbocycles. The van der Waals surface area contributed by atoms with Crippen LogP contribution in [0.4, 0.5) is 0 Å². The van der Waals surface area contributed by atoms with Crippen molar-refractivity contribution < 1.29 is 4.52 Å². The first-order chi connectivity index (χ1) is 10.2. The second-order valence-corrected chi connectivity index (χ2v) is 6.23. The van der Waals surface area contributed by atoms with E-state index in [0.717, 1.165) is 29.7 Å². The third-order valence-corrected chi connectivity index (χ3v) is 4.06. The molecule has 7 heteroatoms. The standard InChI is InChI=1S/C14H18BrN5O/c15-11-6-10(7-17-8-11)14-18-13(19-21-14)12(16)9-20-4-2-1-3-5-20/h6-8,12H,1-5,9,16H2. The van der Waals surface area contributed by atoms with Crippen LogP contribution in [0.2, 0.25) is 0 Å². The first kappa shape index (κ1) is 14.6. The smallest absolute Gasteiger partial charge is 0.259 e. The summed E-state index contributed by atoms with van der Waals surface area (Å²) in [6.45, 7) is 2.98. The molecule has 3 rings (SSSR count). The lowest BCUT2D eigenvalue weighted by atomic mass is 10.1. The van der Waals surface area contributed by atoms with Gasteiger partial charge in [-0.05, 0) is 47.9 Å². The second-order valence-electron chi connectivity index (χ2n) is 5.32. The number of nitrogens with zero attached hydrogens (tertiary/aromatic N) is 4. The molecule has 2 aromatic rings. The molecule has 1 aliphatic rings. The highest BCUT2D eigenvalue weighted by Gasteiger charge is 2.19. The molecule has 0 aromatic carbocycles. The van der Waals surface area contributed by atoms with Crippen molar-refractivity contribution in [2.24, 2.45) is 5.73 Å². The number of aromatic nitrogens is 3. The van der Waals surface area contributed by atoms with Gasteiger partial charge in [-0.3, -0.25) is 4.98 Å². The summed E-state index contributed by atoms with van der Waals surface area (Å²) in [6.07, 6.45) is 7.21. The number of pyridine rings is 1. The maximum absolute atomic E-state index is 6.20. The van der Waals surface area contributed by atoms with Crippen molar-refractivity contribution in [1.29, 1.82) is 0 Å². The molecule has 1 aliphatic heterocycles. The highest BCUT2D eigenvalue weighted by atomic mass is 79.9.